The van der Waals surface area contributed by atoms with Gasteiger partial charge in [-0.3, -0.25) is 4.79 Å². The summed E-state index contributed by atoms with van der Waals surface area (Å²) in [6.45, 7) is 5.02. The zero-order valence-electron chi connectivity index (χ0n) is 21.7. The van der Waals surface area contributed by atoms with Crippen LogP contribution in [0, 0.1) is 29.6 Å². The summed E-state index contributed by atoms with van der Waals surface area (Å²) in [5.74, 6) is -2.17. The topological polar surface area (TPSA) is 181 Å². The Morgan fingerprint density at radius 3 is 2.55 bits per heavy atom. The van der Waals surface area contributed by atoms with Gasteiger partial charge in [0.15, 0.2) is 6.29 Å². The molecule has 4 aliphatic rings. The Morgan fingerprint density at radius 1 is 1.16 bits per heavy atom. The van der Waals surface area contributed by atoms with Gasteiger partial charge < -0.3 is 49.2 Å². The van der Waals surface area contributed by atoms with Gasteiger partial charge in [-0.05, 0) is 31.1 Å². The number of fused-ring (bicyclic) bond motifs is 3. The maximum atomic E-state index is 13.3. The molecule has 0 unspecified atom stereocenters. The monoisotopic (exact) mass is 542 g/mol. The summed E-state index contributed by atoms with van der Waals surface area (Å²) in [4.78, 5) is 26.3. The van der Waals surface area contributed by atoms with Crippen LogP contribution in [-0.4, -0.2) is 100 Å². The van der Waals surface area contributed by atoms with E-state index in [1.807, 2.05) is 13.8 Å². The lowest BCUT2D eigenvalue weighted by atomic mass is 9.83. The van der Waals surface area contributed by atoms with Crippen molar-refractivity contribution in [1.82, 2.24) is 0 Å². The van der Waals surface area contributed by atoms with Crippen LogP contribution < -0.4 is 0 Å². The Balaban J connectivity index is 1.57. The molecular formula is C26H38O12. The molecule has 0 spiro atoms. The Morgan fingerprint density at radius 2 is 1.89 bits per heavy atom. The number of cyclic esters (lactones) is 1. The van der Waals surface area contributed by atoms with Crippen LogP contribution in [0.5, 0.6) is 0 Å². The summed E-state index contributed by atoms with van der Waals surface area (Å²) in [6, 6.07) is 0. The first-order chi connectivity index (χ1) is 18.1. The van der Waals surface area contributed by atoms with Crippen molar-refractivity contribution in [3.63, 3.8) is 0 Å². The number of hydrogen-bond donors (Lipinski definition) is 5. The first kappa shape index (κ1) is 28.9. The van der Waals surface area contributed by atoms with Crippen LogP contribution in [0.4, 0.5) is 0 Å². The third-order valence-corrected chi connectivity index (χ3v) is 8.44. The molecule has 5 N–H and O–H groups in total. The molecule has 3 aliphatic heterocycles. The van der Waals surface area contributed by atoms with Crippen LogP contribution in [0.15, 0.2) is 23.5 Å². The van der Waals surface area contributed by atoms with Gasteiger partial charge in [-0.2, -0.15) is 0 Å². The molecule has 12 heteroatoms. The molecule has 0 amide bonds. The fourth-order valence-corrected chi connectivity index (χ4v) is 5.97. The highest BCUT2D eigenvalue weighted by atomic mass is 16.8. The maximum Gasteiger partial charge on any atom is 0.338 e. The van der Waals surface area contributed by atoms with Crippen molar-refractivity contribution in [3.8, 4) is 0 Å². The second-order valence-electron chi connectivity index (χ2n) is 10.6. The quantitative estimate of drug-likeness (QED) is 0.219. The van der Waals surface area contributed by atoms with Gasteiger partial charge in [0, 0.05) is 24.0 Å². The molecule has 0 aromatic carbocycles. The van der Waals surface area contributed by atoms with Crippen LogP contribution in [0.25, 0.3) is 0 Å². The molecule has 0 aromatic rings. The highest BCUT2D eigenvalue weighted by Crippen LogP contribution is 2.45. The Bertz CT molecular complexity index is 931. The molecule has 3 fully saturated rings. The lowest BCUT2D eigenvalue weighted by Crippen LogP contribution is -2.60. The van der Waals surface area contributed by atoms with Crippen LogP contribution in [-0.2, 0) is 33.3 Å². The van der Waals surface area contributed by atoms with Gasteiger partial charge in [0.2, 0.25) is 6.29 Å². The van der Waals surface area contributed by atoms with Gasteiger partial charge in [0.1, 0.15) is 30.5 Å². The van der Waals surface area contributed by atoms with Crippen molar-refractivity contribution in [2.24, 2.45) is 29.6 Å². The first-order valence-electron chi connectivity index (χ1n) is 13.1. The van der Waals surface area contributed by atoms with Crippen molar-refractivity contribution in [1.29, 1.82) is 0 Å². The highest BCUT2D eigenvalue weighted by molar-refractivity contribution is 5.91. The van der Waals surface area contributed by atoms with Gasteiger partial charge in [0.05, 0.1) is 31.5 Å². The Labute approximate surface area is 220 Å². The number of rotatable bonds is 5. The SMILES string of the molecule is C/C=C1/[C@H](O[C@@H]2O[C@H](CO)[C@@H](O)[C@H](O)[C@H]2O)OC=C2C(=O)O[C@@H]3C[C@@H]([C@@H](C)CO)[C@H](COC(=O)C[C@@H]21)[C@H]3C. The maximum absolute atomic E-state index is 13.3. The van der Waals surface area contributed by atoms with Gasteiger partial charge in [-0.25, -0.2) is 4.79 Å². The number of carbonyl (C=O) groups excluding carboxylic acids is 2. The second kappa shape index (κ2) is 12.0. The van der Waals surface area contributed by atoms with E-state index >= 15 is 0 Å². The predicted octanol–water partition coefficient (Wildman–Crippen LogP) is -0.635. The summed E-state index contributed by atoms with van der Waals surface area (Å²) in [6.07, 6.45) is -6.07. The van der Waals surface area contributed by atoms with Crippen molar-refractivity contribution in [3.05, 3.63) is 23.5 Å². The van der Waals surface area contributed by atoms with Crippen molar-refractivity contribution >= 4 is 11.9 Å². The van der Waals surface area contributed by atoms with Crippen molar-refractivity contribution < 1.29 is 58.8 Å². The molecule has 214 valence electrons. The molecule has 12 nitrogen and oxygen atoms in total. The fourth-order valence-electron chi connectivity index (χ4n) is 5.97. The number of aliphatic hydroxyl groups is 5. The Kier molecular flexibility index (Phi) is 9.13. The van der Waals surface area contributed by atoms with Crippen LogP contribution >= 0.6 is 0 Å². The lowest BCUT2D eigenvalue weighted by Gasteiger charge is -2.42. The first-order valence-corrected chi connectivity index (χ1v) is 13.1. The molecule has 1 aliphatic carbocycles. The Hall–Kier alpha value is -2.06. The zero-order valence-corrected chi connectivity index (χ0v) is 21.7. The van der Waals surface area contributed by atoms with Gasteiger partial charge in [-0.15, -0.1) is 0 Å². The van der Waals surface area contributed by atoms with Crippen LogP contribution in [0.1, 0.15) is 33.6 Å². The van der Waals surface area contributed by atoms with E-state index in [1.54, 1.807) is 13.0 Å². The molecule has 38 heavy (non-hydrogen) atoms. The summed E-state index contributed by atoms with van der Waals surface area (Å²) in [7, 11) is 0. The highest BCUT2D eigenvalue weighted by Gasteiger charge is 2.49. The van der Waals surface area contributed by atoms with E-state index in [0.717, 1.165) is 6.26 Å². The van der Waals surface area contributed by atoms with Crippen LogP contribution in [0.3, 0.4) is 0 Å². The van der Waals surface area contributed by atoms with E-state index in [2.05, 4.69) is 0 Å². The van der Waals surface area contributed by atoms with Crippen molar-refractivity contribution in [2.45, 2.75) is 76.7 Å². The minimum atomic E-state index is -1.66. The predicted molar refractivity (Wildman–Crippen MR) is 128 cm³/mol. The summed E-state index contributed by atoms with van der Waals surface area (Å²) < 4.78 is 28.4. The largest absolute Gasteiger partial charge is 0.468 e. The minimum absolute atomic E-state index is 0.0230. The normalized spacial score (nSPS) is 43.7. The van der Waals surface area contributed by atoms with E-state index in [9.17, 15) is 35.1 Å². The second-order valence-corrected chi connectivity index (χ2v) is 10.6. The average Bonchev–Trinajstić information content (AvgIpc) is 3.20. The average molecular weight is 543 g/mol. The third kappa shape index (κ3) is 5.48. The summed E-state index contributed by atoms with van der Waals surface area (Å²) in [5, 5.41) is 49.7. The van der Waals surface area contributed by atoms with E-state index in [1.165, 1.54) is 0 Å². The van der Waals surface area contributed by atoms with Crippen LogP contribution in [0.2, 0.25) is 0 Å². The smallest absolute Gasteiger partial charge is 0.338 e. The van der Waals surface area contributed by atoms with Crippen molar-refractivity contribution in [2.75, 3.05) is 19.8 Å². The number of allylic oxidation sites excluding steroid dienone is 1. The number of ether oxygens (including phenoxy) is 5. The number of esters is 2. The van der Waals surface area contributed by atoms with Gasteiger partial charge >= 0.3 is 11.9 Å². The molecule has 12 atom stereocenters. The molecule has 2 bridgehead atoms. The minimum Gasteiger partial charge on any atom is -0.468 e. The zero-order chi connectivity index (χ0) is 27.7. The molecule has 3 heterocycles. The van der Waals surface area contributed by atoms with E-state index in [4.69, 9.17) is 23.7 Å². The molecule has 0 aromatic heterocycles. The fraction of sp³-hybridized carbons (Fsp3) is 0.769. The molecule has 0 radical (unpaired) electrons. The number of carbonyl (C=O) groups is 2. The number of hydrogen-bond acceptors (Lipinski definition) is 12. The molecular weight excluding hydrogens is 504 g/mol. The lowest BCUT2D eigenvalue weighted by molar-refractivity contribution is -0.327. The van der Waals surface area contributed by atoms with E-state index in [0.29, 0.717) is 12.0 Å². The summed E-state index contributed by atoms with van der Waals surface area (Å²) in [5.41, 5.74) is 0.477. The molecule has 1 saturated carbocycles. The van der Waals surface area contributed by atoms with E-state index in [-0.39, 0.29) is 48.9 Å². The van der Waals surface area contributed by atoms with Gasteiger partial charge in [-0.1, -0.05) is 19.9 Å². The number of aliphatic hydroxyl groups excluding tert-OH is 5. The standard InChI is InChI=1S/C26H38O12/c1-4-13-15-6-20(29)34-9-16-12(3)18(5-14(16)11(2)7-27)36-24(33)17(15)10-35-25(13)38-26-23(32)22(31)21(30)19(8-28)37-26/h4,10-12,14-16,18-19,21-23,25-28,30-32H,5-9H2,1-3H3/b13-4+/t11-,12+,14-,15+,16+,18+,19+,21+,22-,23+,25-,26-/m0/s1. The summed E-state index contributed by atoms with van der Waals surface area (Å²) >= 11 is 0. The van der Waals surface area contributed by atoms with E-state index < -0.39 is 67.6 Å². The molecule has 4 rings (SSSR count). The third-order valence-electron chi connectivity index (χ3n) is 8.44. The van der Waals surface area contributed by atoms with Gasteiger partial charge in [0.25, 0.3) is 0 Å². The molecule has 2 saturated heterocycles.